The van der Waals surface area contributed by atoms with Crippen molar-refractivity contribution in [2.24, 2.45) is 0 Å². The lowest BCUT2D eigenvalue weighted by atomic mass is 10.1. The number of likely N-dealkylation sites (N-methyl/N-ethyl adjacent to an activating group) is 1. The van der Waals surface area contributed by atoms with Crippen LogP contribution in [-0.4, -0.2) is 28.8 Å². The molecule has 1 aromatic rings. The Hall–Kier alpha value is -2.70. The standard InChI is InChI=1S/C11H9N3O4/c1-13-9(10(15)12-11(13)16)6-7-4-2-3-5-8(7)14(17)18/h2-6H,1H3,(H,12,15,16)/b9-6+. The van der Waals surface area contributed by atoms with E-state index in [1.807, 2.05) is 0 Å². The van der Waals surface area contributed by atoms with E-state index in [2.05, 4.69) is 5.32 Å². The molecule has 92 valence electrons. The van der Waals surface area contributed by atoms with Gasteiger partial charge in [-0.1, -0.05) is 12.1 Å². The van der Waals surface area contributed by atoms with E-state index in [0.717, 1.165) is 4.90 Å². The summed E-state index contributed by atoms with van der Waals surface area (Å²) in [5.74, 6) is -0.569. The van der Waals surface area contributed by atoms with Crippen LogP contribution in [0.4, 0.5) is 10.5 Å². The summed E-state index contributed by atoms with van der Waals surface area (Å²) in [7, 11) is 1.42. The molecule has 1 saturated heterocycles. The van der Waals surface area contributed by atoms with Crippen LogP contribution in [0.1, 0.15) is 5.56 Å². The number of carbonyl (C=O) groups excluding carboxylic acids is 2. The first-order valence-electron chi connectivity index (χ1n) is 5.05. The number of urea groups is 1. The lowest BCUT2D eigenvalue weighted by molar-refractivity contribution is -0.385. The highest BCUT2D eigenvalue weighted by Crippen LogP contribution is 2.22. The topological polar surface area (TPSA) is 92.6 Å². The van der Waals surface area contributed by atoms with Crippen molar-refractivity contribution in [1.29, 1.82) is 0 Å². The van der Waals surface area contributed by atoms with Gasteiger partial charge in [-0.2, -0.15) is 0 Å². The number of rotatable bonds is 2. The third-order valence-electron chi connectivity index (χ3n) is 2.54. The summed E-state index contributed by atoms with van der Waals surface area (Å²) in [6, 6.07) is 5.44. The summed E-state index contributed by atoms with van der Waals surface area (Å²) in [4.78, 5) is 34.1. The zero-order valence-electron chi connectivity index (χ0n) is 9.41. The van der Waals surface area contributed by atoms with Gasteiger partial charge in [-0.3, -0.25) is 25.1 Å². The van der Waals surface area contributed by atoms with Crippen LogP contribution in [-0.2, 0) is 4.79 Å². The van der Waals surface area contributed by atoms with Crippen molar-refractivity contribution in [3.63, 3.8) is 0 Å². The lowest BCUT2D eigenvalue weighted by Gasteiger charge is -2.06. The van der Waals surface area contributed by atoms with Crippen LogP contribution in [0.25, 0.3) is 6.08 Å². The van der Waals surface area contributed by atoms with E-state index < -0.39 is 16.9 Å². The molecule has 1 fully saturated rings. The van der Waals surface area contributed by atoms with Crippen LogP contribution in [0.3, 0.4) is 0 Å². The van der Waals surface area contributed by atoms with E-state index in [1.165, 1.54) is 31.3 Å². The molecule has 1 N–H and O–H groups in total. The largest absolute Gasteiger partial charge is 0.328 e. The second-order valence-corrected chi connectivity index (χ2v) is 3.66. The van der Waals surface area contributed by atoms with Gasteiger partial charge in [-0.25, -0.2) is 4.79 Å². The molecule has 18 heavy (non-hydrogen) atoms. The van der Waals surface area contributed by atoms with E-state index in [9.17, 15) is 19.7 Å². The number of benzene rings is 1. The number of nitro benzene ring substituents is 1. The highest BCUT2D eigenvalue weighted by Gasteiger charge is 2.30. The lowest BCUT2D eigenvalue weighted by Crippen LogP contribution is -2.24. The van der Waals surface area contributed by atoms with Gasteiger partial charge in [0.1, 0.15) is 5.70 Å². The Morgan fingerprint density at radius 3 is 2.56 bits per heavy atom. The molecule has 1 aliphatic heterocycles. The predicted octanol–water partition coefficient (Wildman–Crippen LogP) is 1.12. The van der Waals surface area contributed by atoms with Crippen LogP contribution >= 0.6 is 0 Å². The summed E-state index contributed by atoms with van der Waals surface area (Å²) in [6.07, 6.45) is 1.32. The Balaban J connectivity index is 2.48. The summed E-state index contributed by atoms with van der Waals surface area (Å²) >= 11 is 0. The van der Waals surface area contributed by atoms with Crippen molar-refractivity contribution in [2.75, 3.05) is 7.05 Å². The molecule has 2 rings (SSSR count). The minimum Gasteiger partial charge on any atom is -0.292 e. The monoisotopic (exact) mass is 247 g/mol. The Morgan fingerprint density at radius 2 is 2.00 bits per heavy atom. The molecular weight excluding hydrogens is 238 g/mol. The smallest absolute Gasteiger partial charge is 0.292 e. The maximum absolute atomic E-state index is 11.5. The van der Waals surface area contributed by atoms with Gasteiger partial charge in [0.2, 0.25) is 0 Å². The first-order chi connectivity index (χ1) is 8.50. The Kier molecular flexibility index (Phi) is 2.80. The number of para-hydroxylation sites is 1. The molecule has 0 saturated carbocycles. The number of hydrogen-bond acceptors (Lipinski definition) is 4. The van der Waals surface area contributed by atoms with Gasteiger partial charge < -0.3 is 0 Å². The van der Waals surface area contributed by atoms with Gasteiger partial charge in [0.05, 0.1) is 10.5 Å². The van der Waals surface area contributed by atoms with E-state index >= 15 is 0 Å². The summed E-state index contributed by atoms with van der Waals surface area (Å²) < 4.78 is 0. The van der Waals surface area contributed by atoms with Crippen LogP contribution in [0.5, 0.6) is 0 Å². The Labute approximate surface area is 102 Å². The minimum absolute atomic E-state index is 0.0781. The molecule has 0 unspecified atom stereocenters. The molecule has 0 atom stereocenters. The zero-order valence-corrected chi connectivity index (χ0v) is 9.41. The van der Waals surface area contributed by atoms with E-state index in [-0.39, 0.29) is 16.9 Å². The van der Waals surface area contributed by atoms with Crippen molar-refractivity contribution in [3.8, 4) is 0 Å². The summed E-state index contributed by atoms with van der Waals surface area (Å²) in [5.41, 5.74) is 0.231. The van der Waals surface area contributed by atoms with Crippen LogP contribution in [0.15, 0.2) is 30.0 Å². The number of hydrogen-bond donors (Lipinski definition) is 1. The molecule has 0 aliphatic carbocycles. The Bertz CT molecular complexity index is 579. The van der Waals surface area contributed by atoms with E-state index in [1.54, 1.807) is 6.07 Å². The number of nitrogens with one attached hydrogen (secondary N) is 1. The Morgan fingerprint density at radius 1 is 1.33 bits per heavy atom. The van der Waals surface area contributed by atoms with Crippen molar-refractivity contribution in [3.05, 3.63) is 45.6 Å². The fraction of sp³-hybridized carbons (Fsp3) is 0.0909. The molecule has 0 bridgehead atoms. The van der Waals surface area contributed by atoms with Crippen LogP contribution in [0, 0.1) is 10.1 Å². The highest BCUT2D eigenvalue weighted by molar-refractivity contribution is 6.13. The van der Waals surface area contributed by atoms with Crippen molar-refractivity contribution in [2.45, 2.75) is 0 Å². The molecule has 0 aromatic heterocycles. The van der Waals surface area contributed by atoms with Crippen molar-refractivity contribution in [1.82, 2.24) is 10.2 Å². The van der Waals surface area contributed by atoms with Crippen molar-refractivity contribution >= 4 is 23.7 Å². The number of nitrogens with zero attached hydrogens (tertiary/aromatic N) is 2. The van der Waals surface area contributed by atoms with Gasteiger partial charge in [-0.05, 0) is 12.1 Å². The average Bonchev–Trinajstić information content (AvgIpc) is 2.56. The fourth-order valence-electron chi connectivity index (χ4n) is 1.59. The number of nitro groups is 1. The van der Waals surface area contributed by atoms with Gasteiger partial charge >= 0.3 is 6.03 Å². The second-order valence-electron chi connectivity index (χ2n) is 3.66. The van der Waals surface area contributed by atoms with Gasteiger partial charge in [0.25, 0.3) is 11.6 Å². The molecule has 0 spiro atoms. The predicted molar refractivity (Wildman–Crippen MR) is 62.4 cm³/mol. The number of amides is 3. The third-order valence-corrected chi connectivity index (χ3v) is 2.54. The van der Waals surface area contributed by atoms with Crippen molar-refractivity contribution < 1.29 is 14.5 Å². The maximum atomic E-state index is 11.5. The van der Waals surface area contributed by atoms with E-state index in [0.29, 0.717) is 0 Å². The van der Waals surface area contributed by atoms with Gasteiger partial charge in [-0.15, -0.1) is 0 Å². The third kappa shape index (κ3) is 1.93. The van der Waals surface area contributed by atoms with E-state index in [4.69, 9.17) is 0 Å². The number of imide groups is 1. The van der Waals surface area contributed by atoms with Gasteiger partial charge in [0, 0.05) is 13.1 Å². The summed E-state index contributed by atoms with van der Waals surface area (Å²) in [5, 5.41) is 12.9. The molecule has 3 amide bonds. The van der Waals surface area contributed by atoms with Crippen LogP contribution in [0.2, 0.25) is 0 Å². The summed E-state index contributed by atoms with van der Waals surface area (Å²) in [6.45, 7) is 0. The fourth-order valence-corrected chi connectivity index (χ4v) is 1.59. The normalized spacial score (nSPS) is 17.2. The van der Waals surface area contributed by atoms with Crippen LogP contribution < -0.4 is 5.32 Å². The quantitative estimate of drug-likeness (QED) is 0.367. The first kappa shape index (κ1) is 11.8. The molecule has 1 heterocycles. The second kappa shape index (κ2) is 4.28. The molecular formula is C11H9N3O4. The maximum Gasteiger partial charge on any atom is 0.328 e. The molecule has 7 heteroatoms. The average molecular weight is 247 g/mol. The minimum atomic E-state index is -0.569. The number of carbonyl (C=O) groups is 2. The SMILES string of the molecule is CN1C(=O)NC(=O)/C1=C\c1ccccc1[N+](=O)[O-]. The highest BCUT2D eigenvalue weighted by atomic mass is 16.6. The first-order valence-corrected chi connectivity index (χ1v) is 5.05. The molecule has 1 aromatic carbocycles. The molecule has 0 radical (unpaired) electrons. The molecule has 1 aliphatic rings. The zero-order chi connectivity index (χ0) is 13.3. The molecule has 7 nitrogen and oxygen atoms in total. The van der Waals surface area contributed by atoms with Gasteiger partial charge in [0.15, 0.2) is 0 Å².